The van der Waals surface area contributed by atoms with Gasteiger partial charge in [0.05, 0.1) is 20.3 Å². The number of rotatable bonds is 8. The van der Waals surface area contributed by atoms with Crippen molar-refractivity contribution in [3.05, 3.63) is 95.6 Å². The maximum Gasteiger partial charge on any atom is 0.118 e. The first-order valence-electron chi connectivity index (χ1n) is 8.85. The predicted molar refractivity (Wildman–Crippen MR) is 106 cm³/mol. The van der Waals surface area contributed by atoms with Crippen LogP contribution in [0.15, 0.2) is 78.9 Å². The van der Waals surface area contributed by atoms with E-state index >= 15 is 0 Å². The molecule has 0 aliphatic heterocycles. The Bertz CT molecular complexity index is 735. The average Bonchev–Trinajstić information content (AvgIpc) is 2.72. The Balaban J connectivity index is 1.77. The molecule has 0 radical (unpaired) electrons. The lowest BCUT2D eigenvalue weighted by Gasteiger charge is -2.20. The fourth-order valence-electron chi connectivity index (χ4n) is 3.03. The second-order valence-corrected chi connectivity index (χ2v) is 6.17. The lowest BCUT2D eigenvalue weighted by molar-refractivity contribution is 0.414. The van der Waals surface area contributed by atoms with Gasteiger partial charge in [-0.3, -0.25) is 0 Å². The fraction of sp³-hybridized carbons (Fsp3) is 0.217. The molecule has 0 saturated carbocycles. The molecule has 0 amide bonds. The van der Waals surface area contributed by atoms with Crippen LogP contribution in [-0.4, -0.2) is 20.8 Å². The molecule has 3 aromatic rings. The first kappa shape index (κ1) is 18.0. The van der Waals surface area contributed by atoms with E-state index in [0.29, 0.717) is 0 Å². The Morgan fingerprint density at radius 3 is 1.65 bits per heavy atom. The normalized spacial score (nSPS) is 10.7. The van der Waals surface area contributed by atoms with E-state index in [-0.39, 0.29) is 6.04 Å². The van der Waals surface area contributed by atoms with Crippen LogP contribution in [-0.2, 0) is 6.42 Å². The maximum atomic E-state index is 5.29. The van der Waals surface area contributed by atoms with Gasteiger partial charge in [-0.25, -0.2) is 0 Å². The Labute approximate surface area is 155 Å². The maximum absolute atomic E-state index is 5.29. The van der Waals surface area contributed by atoms with Crippen LogP contribution in [0.2, 0.25) is 0 Å². The van der Waals surface area contributed by atoms with Crippen molar-refractivity contribution < 1.29 is 9.47 Å². The molecule has 0 bridgehead atoms. The number of hydrogen-bond acceptors (Lipinski definition) is 3. The van der Waals surface area contributed by atoms with Gasteiger partial charge >= 0.3 is 0 Å². The summed E-state index contributed by atoms with van der Waals surface area (Å²) in [5.74, 6) is 1.73. The van der Waals surface area contributed by atoms with E-state index in [1.54, 1.807) is 14.2 Å². The summed E-state index contributed by atoms with van der Waals surface area (Å²) in [7, 11) is 3.38. The van der Waals surface area contributed by atoms with Crippen LogP contribution in [0.1, 0.15) is 22.7 Å². The molecular formula is C23H25NO2. The van der Waals surface area contributed by atoms with E-state index in [2.05, 4.69) is 59.9 Å². The van der Waals surface area contributed by atoms with Crippen LogP contribution in [0.3, 0.4) is 0 Å². The molecule has 3 rings (SSSR count). The molecular weight excluding hydrogens is 322 g/mol. The van der Waals surface area contributed by atoms with Crippen molar-refractivity contribution in [2.75, 3.05) is 20.8 Å². The predicted octanol–water partition coefficient (Wildman–Crippen LogP) is 4.63. The zero-order valence-electron chi connectivity index (χ0n) is 15.3. The Kier molecular flexibility index (Phi) is 6.29. The molecule has 0 aliphatic rings. The molecule has 0 fully saturated rings. The smallest absolute Gasteiger partial charge is 0.118 e. The second kappa shape index (κ2) is 9.07. The van der Waals surface area contributed by atoms with E-state index in [1.165, 1.54) is 16.7 Å². The van der Waals surface area contributed by atoms with Gasteiger partial charge in [0.1, 0.15) is 11.5 Å². The van der Waals surface area contributed by atoms with Gasteiger partial charge in [-0.2, -0.15) is 0 Å². The summed E-state index contributed by atoms with van der Waals surface area (Å²) in [5, 5.41) is 3.69. The van der Waals surface area contributed by atoms with Crippen LogP contribution in [0.5, 0.6) is 11.5 Å². The van der Waals surface area contributed by atoms with Crippen LogP contribution in [0.25, 0.3) is 0 Å². The molecule has 134 valence electrons. The van der Waals surface area contributed by atoms with Crippen molar-refractivity contribution in [3.8, 4) is 11.5 Å². The highest BCUT2D eigenvalue weighted by molar-refractivity contribution is 5.37. The monoisotopic (exact) mass is 347 g/mol. The van der Waals surface area contributed by atoms with Gasteiger partial charge in [-0.15, -0.1) is 0 Å². The van der Waals surface area contributed by atoms with E-state index in [4.69, 9.17) is 9.47 Å². The van der Waals surface area contributed by atoms with Crippen LogP contribution in [0, 0.1) is 0 Å². The molecule has 3 nitrogen and oxygen atoms in total. The molecule has 0 spiro atoms. The highest BCUT2D eigenvalue weighted by Gasteiger charge is 2.14. The quantitative estimate of drug-likeness (QED) is 0.645. The minimum atomic E-state index is 0.121. The molecule has 26 heavy (non-hydrogen) atoms. The summed E-state index contributed by atoms with van der Waals surface area (Å²) in [6.07, 6.45) is 0.990. The molecule has 0 aliphatic carbocycles. The van der Waals surface area contributed by atoms with Crippen molar-refractivity contribution in [2.24, 2.45) is 0 Å². The van der Waals surface area contributed by atoms with Crippen molar-refractivity contribution >= 4 is 0 Å². The summed E-state index contributed by atoms with van der Waals surface area (Å²) in [5.41, 5.74) is 3.76. The van der Waals surface area contributed by atoms with Gasteiger partial charge in [0.25, 0.3) is 0 Å². The van der Waals surface area contributed by atoms with Gasteiger partial charge in [-0.05, 0) is 47.4 Å². The lowest BCUT2D eigenvalue weighted by atomic mass is 9.98. The summed E-state index contributed by atoms with van der Waals surface area (Å²) >= 11 is 0. The molecule has 3 heteroatoms. The topological polar surface area (TPSA) is 30.5 Å². The van der Waals surface area contributed by atoms with Gasteiger partial charge in [0.2, 0.25) is 0 Å². The third-order valence-electron chi connectivity index (χ3n) is 4.50. The van der Waals surface area contributed by atoms with Crippen molar-refractivity contribution in [2.45, 2.75) is 12.5 Å². The summed E-state index contributed by atoms with van der Waals surface area (Å²) in [4.78, 5) is 0. The van der Waals surface area contributed by atoms with Gasteiger partial charge in [0.15, 0.2) is 0 Å². The first-order valence-corrected chi connectivity index (χ1v) is 8.85. The average molecular weight is 347 g/mol. The highest BCUT2D eigenvalue weighted by atomic mass is 16.5. The molecule has 0 atom stereocenters. The van der Waals surface area contributed by atoms with E-state index in [0.717, 1.165) is 24.5 Å². The first-order chi connectivity index (χ1) is 12.8. The number of methoxy groups -OCH3 is 2. The van der Waals surface area contributed by atoms with Crippen molar-refractivity contribution in [1.82, 2.24) is 5.32 Å². The minimum Gasteiger partial charge on any atom is -0.497 e. The van der Waals surface area contributed by atoms with Crippen molar-refractivity contribution in [1.29, 1.82) is 0 Å². The largest absolute Gasteiger partial charge is 0.497 e. The summed E-state index contributed by atoms with van der Waals surface area (Å²) in [6, 6.07) is 27.1. The summed E-state index contributed by atoms with van der Waals surface area (Å²) < 4.78 is 10.6. The molecule has 3 aromatic carbocycles. The third kappa shape index (κ3) is 4.64. The Hall–Kier alpha value is -2.78. The van der Waals surface area contributed by atoms with Gasteiger partial charge in [0, 0.05) is 6.54 Å². The zero-order chi connectivity index (χ0) is 18.2. The Morgan fingerprint density at radius 1 is 0.692 bits per heavy atom. The molecule has 0 heterocycles. The molecule has 0 aromatic heterocycles. The van der Waals surface area contributed by atoms with E-state index < -0.39 is 0 Å². The molecule has 1 N–H and O–H groups in total. The number of ether oxygens (including phenoxy) is 2. The van der Waals surface area contributed by atoms with Crippen LogP contribution < -0.4 is 14.8 Å². The number of nitrogens with one attached hydrogen (secondary N) is 1. The molecule has 0 saturated heterocycles. The van der Waals surface area contributed by atoms with Crippen molar-refractivity contribution in [3.63, 3.8) is 0 Å². The standard InChI is InChI=1S/C23H25NO2/c1-25-21-12-8-19(9-13-21)23(20-10-14-22(26-2)15-11-20)24-17-16-18-6-4-3-5-7-18/h3-15,23-24H,16-17H2,1-2H3. The highest BCUT2D eigenvalue weighted by Crippen LogP contribution is 2.26. The third-order valence-corrected chi connectivity index (χ3v) is 4.50. The molecule has 0 unspecified atom stereocenters. The number of hydrogen-bond donors (Lipinski definition) is 1. The van der Waals surface area contributed by atoms with Crippen LogP contribution in [0.4, 0.5) is 0 Å². The van der Waals surface area contributed by atoms with Gasteiger partial charge < -0.3 is 14.8 Å². The Morgan fingerprint density at radius 2 is 1.19 bits per heavy atom. The van der Waals surface area contributed by atoms with Crippen LogP contribution >= 0.6 is 0 Å². The lowest BCUT2D eigenvalue weighted by Crippen LogP contribution is -2.24. The minimum absolute atomic E-state index is 0.121. The van der Waals surface area contributed by atoms with E-state index in [9.17, 15) is 0 Å². The second-order valence-electron chi connectivity index (χ2n) is 6.17. The zero-order valence-corrected chi connectivity index (χ0v) is 15.3. The number of benzene rings is 3. The fourth-order valence-corrected chi connectivity index (χ4v) is 3.03. The van der Waals surface area contributed by atoms with Gasteiger partial charge in [-0.1, -0.05) is 54.6 Å². The SMILES string of the molecule is COc1ccc(C(NCCc2ccccc2)c2ccc(OC)cc2)cc1. The summed E-state index contributed by atoms with van der Waals surface area (Å²) in [6.45, 7) is 0.896. The van der Waals surface area contributed by atoms with E-state index in [1.807, 2.05) is 24.3 Å².